The molecule has 0 spiro atoms. The Morgan fingerprint density at radius 3 is 2.94 bits per heavy atom. The Morgan fingerprint density at radius 1 is 1.56 bits per heavy atom. The average Bonchev–Trinajstić information content (AvgIpc) is 2.73. The number of nitrogens with one attached hydrogen (secondary N) is 2. The molecule has 0 saturated heterocycles. The molecule has 0 radical (unpaired) electrons. The predicted octanol–water partition coefficient (Wildman–Crippen LogP) is 1.51. The molecule has 6 nitrogen and oxygen atoms in total. The molecule has 0 aliphatic heterocycles. The maximum absolute atomic E-state index is 12.0. The zero-order chi connectivity index (χ0) is 13.1. The van der Waals surface area contributed by atoms with Gasteiger partial charge in [0.2, 0.25) is 0 Å². The largest absolute Gasteiger partial charge is 0.395 e. The number of nitrogens with zero attached hydrogens (tertiary/aromatic N) is 2. The van der Waals surface area contributed by atoms with E-state index in [-0.39, 0.29) is 11.6 Å². The summed E-state index contributed by atoms with van der Waals surface area (Å²) in [5.41, 5.74) is 8.83. The highest BCUT2D eigenvalue weighted by Gasteiger charge is 2.16. The van der Waals surface area contributed by atoms with Gasteiger partial charge in [-0.1, -0.05) is 6.92 Å². The molecule has 1 amide bonds. The molecule has 6 heteroatoms. The first-order chi connectivity index (χ1) is 8.63. The Balaban J connectivity index is 2.22. The fraction of sp³-hybridized carbons (Fsp3) is 0.250. The Hall–Kier alpha value is -2.37. The molecule has 0 aliphatic carbocycles. The molecule has 0 aliphatic rings. The minimum Gasteiger partial charge on any atom is -0.395 e. The maximum Gasteiger partial charge on any atom is 0.278 e. The van der Waals surface area contributed by atoms with Gasteiger partial charge in [-0.3, -0.25) is 14.9 Å². The smallest absolute Gasteiger partial charge is 0.278 e. The first kappa shape index (κ1) is 12.1. The fourth-order valence-corrected chi connectivity index (χ4v) is 1.62. The van der Waals surface area contributed by atoms with Crippen LogP contribution in [0, 0.1) is 6.92 Å². The zero-order valence-corrected chi connectivity index (χ0v) is 10.3. The van der Waals surface area contributed by atoms with Crippen LogP contribution in [-0.2, 0) is 6.42 Å². The van der Waals surface area contributed by atoms with Gasteiger partial charge in [0.05, 0.1) is 11.4 Å². The van der Waals surface area contributed by atoms with Gasteiger partial charge in [-0.05, 0) is 25.0 Å². The van der Waals surface area contributed by atoms with Crippen LogP contribution in [0.3, 0.4) is 0 Å². The number of hydrogen-bond donors (Lipinski definition) is 3. The highest BCUT2D eigenvalue weighted by Crippen LogP contribution is 2.17. The molecule has 0 unspecified atom stereocenters. The van der Waals surface area contributed by atoms with Crippen LogP contribution in [0.15, 0.2) is 18.5 Å². The van der Waals surface area contributed by atoms with E-state index < -0.39 is 0 Å². The van der Waals surface area contributed by atoms with E-state index in [0.29, 0.717) is 17.8 Å². The Labute approximate surface area is 105 Å². The Kier molecular flexibility index (Phi) is 3.27. The molecule has 18 heavy (non-hydrogen) atoms. The number of H-pyrrole nitrogens is 1. The molecular formula is C12H15N5O. The van der Waals surface area contributed by atoms with Crippen molar-refractivity contribution in [2.75, 3.05) is 11.1 Å². The van der Waals surface area contributed by atoms with E-state index in [0.717, 1.165) is 11.3 Å². The third-order valence-corrected chi connectivity index (χ3v) is 2.72. The van der Waals surface area contributed by atoms with Crippen LogP contribution >= 0.6 is 0 Å². The van der Waals surface area contributed by atoms with E-state index in [2.05, 4.69) is 20.5 Å². The van der Waals surface area contributed by atoms with Crippen molar-refractivity contribution in [1.82, 2.24) is 15.2 Å². The average molecular weight is 245 g/mol. The first-order valence-corrected chi connectivity index (χ1v) is 5.68. The molecular weight excluding hydrogens is 230 g/mol. The van der Waals surface area contributed by atoms with Crippen LogP contribution in [0.4, 0.5) is 11.4 Å². The molecule has 0 saturated carbocycles. The number of rotatable bonds is 3. The van der Waals surface area contributed by atoms with Crippen molar-refractivity contribution in [3.63, 3.8) is 0 Å². The van der Waals surface area contributed by atoms with Gasteiger partial charge in [0.15, 0.2) is 5.69 Å². The molecule has 2 heterocycles. The molecule has 0 bridgehead atoms. The van der Waals surface area contributed by atoms with Crippen molar-refractivity contribution in [2.45, 2.75) is 20.3 Å². The summed E-state index contributed by atoms with van der Waals surface area (Å²) >= 11 is 0. The second kappa shape index (κ2) is 4.87. The van der Waals surface area contributed by atoms with Gasteiger partial charge in [0.25, 0.3) is 5.91 Å². The van der Waals surface area contributed by atoms with E-state index in [1.54, 1.807) is 18.5 Å². The second-order valence-electron chi connectivity index (χ2n) is 3.96. The van der Waals surface area contributed by atoms with Gasteiger partial charge < -0.3 is 11.1 Å². The first-order valence-electron chi connectivity index (χ1n) is 5.68. The highest BCUT2D eigenvalue weighted by molar-refractivity contribution is 6.06. The van der Waals surface area contributed by atoms with Gasteiger partial charge in [-0.25, -0.2) is 0 Å². The summed E-state index contributed by atoms with van der Waals surface area (Å²) in [6.07, 6.45) is 4.01. The van der Waals surface area contributed by atoms with Crippen LogP contribution in [0.25, 0.3) is 0 Å². The molecule has 2 aromatic rings. The van der Waals surface area contributed by atoms with Crippen molar-refractivity contribution >= 4 is 17.3 Å². The summed E-state index contributed by atoms with van der Waals surface area (Å²) in [5.74, 6) is -0.322. The lowest BCUT2D eigenvalue weighted by Crippen LogP contribution is -2.15. The van der Waals surface area contributed by atoms with Crippen LogP contribution in [-0.4, -0.2) is 21.1 Å². The number of carbonyl (C=O) groups excluding carboxylic acids is 1. The summed E-state index contributed by atoms with van der Waals surface area (Å²) < 4.78 is 0. The number of aromatic nitrogens is 3. The third kappa shape index (κ3) is 2.17. The lowest BCUT2D eigenvalue weighted by atomic mass is 10.2. The van der Waals surface area contributed by atoms with Gasteiger partial charge in [0.1, 0.15) is 0 Å². The summed E-state index contributed by atoms with van der Waals surface area (Å²) in [6, 6.07) is 1.73. The fourth-order valence-electron chi connectivity index (χ4n) is 1.62. The molecule has 0 aromatic carbocycles. The molecule has 2 aromatic heterocycles. The van der Waals surface area contributed by atoms with Crippen LogP contribution in [0.1, 0.15) is 28.7 Å². The third-order valence-electron chi connectivity index (χ3n) is 2.72. The number of nitrogens with two attached hydrogens (primary N) is 1. The lowest BCUT2D eigenvalue weighted by molar-refractivity contribution is 0.102. The van der Waals surface area contributed by atoms with Crippen molar-refractivity contribution in [3.05, 3.63) is 35.4 Å². The number of pyridine rings is 1. The Morgan fingerprint density at radius 2 is 2.33 bits per heavy atom. The predicted molar refractivity (Wildman–Crippen MR) is 69.3 cm³/mol. The topological polar surface area (TPSA) is 96.7 Å². The van der Waals surface area contributed by atoms with Gasteiger partial charge in [0, 0.05) is 18.1 Å². The van der Waals surface area contributed by atoms with Crippen LogP contribution < -0.4 is 11.1 Å². The minimum absolute atomic E-state index is 0.225. The summed E-state index contributed by atoms with van der Waals surface area (Å²) in [4.78, 5) is 16.0. The maximum atomic E-state index is 12.0. The van der Waals surface area contributed by atoms with Gasteiger partial charge in [-0.15, -0.1) is 0 Å². The normalized spacial score (nSPS) is 10.3. The van der Waals surface area contributed by atoms with Gasteiger partial charge >= 0.3 is 0 Å². The quantitative estimate of drug-likeness (QED) is 0.763. The summed E-state index contributed by atoms with van der Waals surface area (Å²) in [6.45, 7) is 3.81. The standard InChI is InChI=1S/C12H15N5O/c1-3-8-10(13)11(17-16-8)12(18)15-9-4-5-14-6-7(9)2/h4-6H,3,13H2,1-2H3,(H,16,17)(H,14,15,18). The molecule has 0 atom stereocenters. The monoisotopic (exact) mass is 245 g/mol. The second-order valence-corrected chi connectivity index (χ2v) is 3.96. The van der Waals surface area contributed by atoms with Crippen LogP contribution in [0.2, 0.25) is 0 Å². The van der Waals surface area contributed by atoms with Crippen LogP contribution in [0.5, 0.6) is 0 Å². The number of anilines is 2. The molecule has 94 valence electrons. The highest BCUT2D eigenvalue weighted by atomic mass is 16.2. The van der Waals surface area contributed by atoms with Crippen molar-refractivity contribution in [3.8, 4) is 0 Å². The van der Waals surface area contributed by atoms with E-state index in [4.69, 9.17) is 5.73 Å². The van der Waals surface area contributed by atoms with E-state index in [1.165, 1.54) is 0 Å². The number of aryl methyl sites for hydroxylation is 2. The van der Waals surface area contributed by atoms with Crippen molar-refractivity contribution in [2.24, 2.45) is 0 Å². The number of nitrogen functional groups attached to an aromatic ring is 1. The van der Waals surface area contributed by atoms with E-state index >= 15 is 0 Å². The SMILES string of the molecule is CCc1[nH]nc(C(=O)Nc2ccncc2C)c1N. The van der Waals surface area contributed by atoms with E-state index in [1.807, 2.05) is 13.8 Å². The molecule has 2 rings (SSSR count). The number of carbonyl (C=O) groups is 1. The zero-order valence-electron chi connectivity index (χ0n) is 10.3. The number of hydrogen-bond acceptors (Lipinski definition) is 4. The molecule has 0 fully saturated rings. The minimum atomic E-state index is -0.322. The Bertz CT molecular complexity index is 576. The van der Waals surface area contributed by atoms with E-state index in [9.17, 15) is 4.79 Å². The number of amides is 1. The number of aromatic amines is 1. The van der Waals surface area contributed by atoms with Crippen molar-refractivity contribution < 1.29 is 4.79 Å². The lowest BCUT2D eigenvalue weighted by Gasteiger charge is -2.06. The van der Waals surface area contributed by atoms with Gasteiger partial charge in [-0.2, -0.15) is 5.10 Å². The summed E-state index contributed by atoms with van der Waals surface area (Å²) in [5, 5.41) is 9.45. The summed E-state index contributed by atoms with van der Waals surface area (Å²) in [7, 11) is 0. The molecule has 4 N–H and O–H groups in total. The van der Waals surface area contributed by atoms with Crippen molar-refractivity contribution in [1.29, 1.82) is 0 Å².